The summed E-state index contributed by atoms with van der Waals surface area (Å²) in [5, 5.41) is 7.42. The molecule has 3 amide bonds. The third-order valence-electron chi connectivity index (χ3n) is 5.21. The Morgan fingerprint density at radius 3 is 2.55 bits per heavy atom. The molecule has 1 saturated heterocycles. The molecule has 33 heavy (non-hydrogen) atoms. The van der Waals surface area contributed by atoms with E-state index in [0.29, 0.717) is 66.3 Å². The van der Waals surface area contributed by atoms with Crippen molar-refractivity contribution in [2.75, 3.05) is 31.5 Å². The second kappa shape index (κ2) is 10.7. The van der Waals surface area contributed by atoms with E-state index in [1.54, 1.807) is 36.1 Å². The molecular formula is C23H24ClN5O3S. The predicted molar refractivity (Wildman–Crippen MR) is 128 cm³/mol. The number of carbonyl (C=O) groups is 2. The molecule has 2 heterocycles. The highest BCUT2D eigenvalue weighted by molar-refractivity contribution is 7.98. The molecule has 0 bridgehead atoms. The number of urea groups is 1. The van der Waals surface area contributed by atoms with E-state index in [4.69, 9.17) is 16.1 Å². The van der Waals surface area contributed by atoms with Crippen molar-refractivity contribution in [3.63, 3.8) is 0 Å². The Morgan fingerprint density at radius 1 is 1.06 bits per heavy atom. The van der Waals surface area contributed by atoms with E-state index in [-0.39, 0.29) is 11.9 Å². The van der Waals surface area contributed by atoms with Gasteiger partial charge in [-0.2, -0.15) is 4.98 Å². The molecule has 1 aliphatic rings. The van der Waals surface area contributed by atoms with Gasteiger partial charge >= 0.3 is 6.03 Å². The Bertz CT molecular complexity index is 1120. The maximum absolute atomic E-state index is 13.3. The summed E-state index contributed by atoms with van der Waals surface area (Å²) in [6, 6.07) is 14.3. The summed E-state index contributed by atoms with van der Waals surface area (Å²) in [5.41, 5.74) is 1.33. The lowest BCUT2D eigenvalue weighted by Gasteiger charge is -2.23. The zero-order chi connectivity index (χ0) is 23.2. The number of nitrogens with zero attached hydrogens (tertiary/aromatic N) is 4. The fraction of sp³-hybridized carbons (Fsp3) is 0.304. The number of amides is 3. The van der Waals surface area contributed by atoms with E-state index in [2.05, 4.69) is 15.5 Å². The molecule has 0 unspecified atom stereocenters. The van der Waals surface area contributed by atoms with E-state index < -0.39 is 0 Å². The summed E-state index contributed by atoms with van der Waals surface area (Å²) in [4.78, 5) is 34.6. The number of thioether (sulfide) groups is 1. The minimum Gasteiger partial charge on any atom is -0.340 e. The highest BCUT2D eigenvalue weighted by atomic mass is 35.5. The number of halogens is 1. The van der Waals surface area contributed by atoms with Crippen molar-refractivity contribution in [1.29, 1.82) is 0 Å². The number of rotatable bonds is 5. The smallest absolute Gasteiger partial charge is 0.321 e. The number of aromatic nitrogens is 2. The average Bonchev–Trinajstić information content (AvgIpc) is 3.08. The summed E-state index contributed by atoms with van der Waals surface area (Å²) >= 11 is 7.41. The first kappa shape index (κ1) is 23.1. The fourth-order valence-electron chi connectivity index (χ4n) is 3.54. The summed E-state index contributed by atoms with van der Waals surface area (Å²) in [5.74, 6) is 1.59. The standard InChI is InChI=1S/C23H24ClN5O3S/c1-16-25-21(27-32-16)15-33-20-6-3-2-5-19(20)22(30)28-11-4-12-29(14-13-28)23(31)26-18-9-7-17(24)8-10-18/h2-3,5-10H,4,11-15H2,1H3,(H,26,31). The van der Waals surface area contributed by atoms with Crippen LogP contribution in [0, 0.1) is 6.92 Å². The van der Waals surface area contributed by atoms with Crippen LogP contribution >= 0.6 is 23.4 Å². The van der Waals surface area contributed by atoms with Crippen LogP contribution in [0.2, 0.25) is 5.02 Å². The molecule has 4 rings (SSSR count). The molecular weight excluding hydrogens is 462 g/mol. The van der Waals surface area contributed by atoms with Gasteiger partial charge in [-0.15, -0.1) is 11.8 Å². The van der Waals surface area contributed by atoms with Gasteiger partial charge in [-0.25, -0.2) is 4.79 Å². The zero-order valence-electron chi connectivity index (χ0n) is 18.2. The van der Waals surface area contributed by atoms with Crippen LogP contribution in [-0.4, -0.2) is 58.1 Å². The Balaban J connectivity index is 1.37. The van der Waals surface area contributed by atoms with Gasteiger partial charge in [0.05, 0.1) is 11.3 Å². The molecule has 1 aliphatic heterocycles. The van der Waals surface area contributed by atoms with Gasteiger partial charge in [0.1, 0.15) is 0 Å². The van der Waals surface area contributed by atoms with Crippen LogP contribution in [0.25, 0.3) is 0 Å². The second-order valence-electron chi connectivity index (χ2n) is 7.58. The van der Waals surface area contributed by atoms with Gasteiger partial charge in [0.25, 0.3) is 5.91 Å². The Labute approximate surface area is 201 Å². The lowest BCUT2D eigenvalue weighted by atomic mass is 10.2. The minimum absolute atomic E-state index is 0.0395. The quantitative estimate of drug-likeness (QED) is 0.526. The van der Waals surface area contributed by atoms with Crippen molar-refractivity contribution >= 4 is 41.0 Å². The van der Waals surface area contributed by atoms with Gasteiger partial charge in [-0.05, 0) is 42.8 Å². The van der Waals surface area contributed by atoms with Gasteiger partial charge in [0, 0.05) is 48.7 Å². The van der Waals surface area contributed by atoms with Crippen molar-refractivity contribution in [1.82, 2.24) is 19.9 Å². The normalized spacial score (nSPS) is 14.1. The van der Waals surface area contributed by atoms with Crippen molar-refractivity contribution in [2.24, 2.45) is 0 Å². The number of benzene rings is 2. The number of hydrogen-bond donors (Lipinski definition) is 1. The molecule has 8 nitrogen and oxygen atoms in total. The third kappa shape index (κ3) is 6.06. The lowest BCUT2D eigenvalue weighted by molar-refractivity contribution is 0.0759. The Morgan fingerprint density at radius 2 is 1.79 bits per heavy atom. The molecule has 0 radical (unpaired) electrons. The number of nitrogens with one attached hydrogen (secondary N) is 1. The first-order chi connectivity index (χ1) is 16.0. The van der Waals surface area contributed by atoms with Crippen LogP contribution in [0.5, 0.6) is 0 Å². The predicted octanol–water partition coefficient (Wildman–Crippen LogP) is 4.70. The van der Waals surface area contributed by atoms with Crippen molar-refractivity contribution in [2.45, 2.75) is 24.0 Å². The van der Waals surface area contributed by atoms with E-state index >= 15 is 0 Å². The third-order valence-corrected chi connectivity index (χ3v) is 6.53. The van der Waals surface area contributed by atoms with Gasteiger partial charge < -0.3 is 19.6 Å². The van der Waals surface area contributed by atoms with Gasteiger partial charge in [-0.1, -0.05) is 28.9 Å². The molecule has 1 aromatic heterocycles. The molecule has 10 heteroatoms. The SMILES string of the molecule is Cc1nc(CSc2ccccc2C(=O)N2CCCN(C(=O)Nc3ccc(Cl)cc3)CC2)no1. The number of hydrogen-bond acceptors (Lipinski definition) is 6. The van der Waals surface area contributed by atoms with Crippen LogP contribution < -0.4 is 5.32 Å². The van der Waals surface area contributed by atoms with Crippen LogP contribution in [0.15, 0.2) is 57.9 Å². The van der Waals surface area contributed by atoms with Crippen molar-refractivity contribution < 1.29 is 14.1 Å². The molecule has 1 N–H and O–H groups in total. The molecule has 0 spiro atoms. The highest BCUT2D eigenvalue weighted by Crippen LogP contribution is 2.27. The molecule has 0 atom stereocenters. The monoisotopic (exact) mass is 485 g/mol. The van der Waals surface area contributed by atoms with Gasteiger partial charge in [-0.3, -0.25) is 4.79 Å². The first-order valence-corrected chi connectivity index (χ1v) is 12.0. The maximum Gasteiger partial charge on any atom is 0.321 e. The number of anilines is 1. The summed E-state index contributed by atoms with van der Waals surface area (Å²) < 4.78 is 5.02. The van der Waals surface area contributed by atoms with E-state index in [1.165, 1.54) is 11.8 Å². The molecule has 0 aliphatic carbocycles. The summed E-state index contributed by atoms with van der Waals surface area (Å²) in [7, 11) is 0. The lowest BCUT2D eigenvalue weighted by Crippen LogP contribution is -2.39. The molecule has 1 fully saturated rings. The van der Waals surface area contributed by atoms with Crippen molar-refractivity contribution in [3.8, 4) is 0 Å². The van der Waals surface area contributed by atoms with E-state index in [9.17, 15) is 9.59 Å². The Hall–Kier alpha value is -3.04. The van der Waals surface area contributed by atoms with E-state index in [1.807, 2.05) is 29.2 Å². The first-order valence-electron chi connectivity index (χ1n) is 10.6. The van der Waals surface area contributed by atoms with E-state index in [0.717, 1.165) is 4.90 Å². The van der Waals surface area contributed by atoms with Crippen LogP contribution in [0.4, 0.5) is 10.5 Å². The zero-order valence-corrected chi connectivity index (χ0v) is 19.7. The summed E-state index contributed by atoms with van der Waals surface area (Å²) in [6.07, 6.45) is 0.706. The van der Waals surface area contributed by atoms with Gasteiger partial charge in [0.15, 0.2) is 5.82 Å². The van der Waals surface area contributed by atoms with Crippen LogP contribution in [-0.2, 0) is 5.75 Å². The molecule has 3 aromatic rings. The molecule has 172 valence electrons. The topological polar surface area (TPSA) is 91.6 Å². The average molecular weight is 486 g/mol. The largest absolute Gasteiger partial charge is 0.340 e. The maximum atomic E-state index is 13.3. The van der Waals surface area contributed by atoms with Crippen molar-refractivity contribution in [3.05, 3.63) is 70.8 Å². The molecule has 2 aromatic carbocycles. The number of carbonyl (C=O) groups excluding carboxylic acids is 2. The molecule has 0 saturated carbocycles. The fourth-order valence-corrected chi connectivity index (χ4v) is 4.55. The Kier molecular flexibility index (Phi) is 7.51. The summed E-state index contributed by atoms with van der Waals surface area (Å²) in [6.45, 7) is 3.85. The minimum atomic E-state index is -0.182. The highest BCUT2D eigenvalue weighted by Gasteiger charge is 2.24. The van der Waals surface area contributed by atoms with Crippen LogP contribution in [0.3, 0.4) is 0 Å². The number of aryl methyl sites for hydroxylation is 1. The van der Waals surface area contributed by atoms with Gasteiger partial charge in [0.2, 0.25) is 5.89 Å². The second-order valence-corrected chi connectivity index (χ2v) is 9.04. The van der Waals surface area contributed by atoms with Crippen LogP contribution in [0.1, 0.15) is 28.5 Å².